The van der Waals surface area contributed by atoms with Gasteiger partial charge in [0.2, 0.25) is 0 Å². The minimum atomic E-state index is -0.576. The van der Waals surface area contributed by atoms with Crippen LogP contribution in [0.3, 0.4) is 0 Å². The van der Waals surface area contributed by atoms with Gasteiger partial charge in [-0.1, -0.05) is 42.1 Å². The average molecular weight is 352 g/mol. The molecule has 0 saturated carbocycles. The molecule has 1 atom stereocenters. The largest absolute Gasteiger partial charge is 0.472 e. The summed E-state index contributed by atoms with van der Waals surface area (Å²) in [6.45, 7) is 1.96. The monoisotopic (exact) mass is 352 g/mol. The van der Waals surface area contributed by atoms with E-state index in [2.05, 4.69) is 6.07 Å². The van der Waals surface area contributed by atoms with Crippen molar-refractivity contribution in [3.8, 4) is 6.07 Å². The Balaban J connectivity index is 1.90. The molecule has 5 nitrogen and oxygen atoms in total. The van der Waals surface area contributed by atoms with E-state index in [-0.39, 0.29) is 12.2 Å². The number of benzene rings is 1. The van der Waals surface area contributed by atoms with Gasteiger partial charge in [0.05, 0.1) is 40.7 Å². The predicted molar refractivity (Wildman–Crippen MR) is 94.8 cm³/mol. The van der Waals surface area contributed by atoms with Crippen LogP contribution in [0.2, 0.25) is 0 Å². The third-order valence-electron chi connectivity index (χ3n) is 3.91. The zero-order chi connectivity index (χ0) is 17.8. The van der Waals surface area contributed by atoms with Crippen LogP contribution in [-0.2, 0) is 16.1 Å². The fourth-order valence-electron chi connectivity index (χ4n) is 2.70. The maximum atomic E-state index is 12.7. The van der Waals surface area contributed by atoms with Crippen LogP contribution in [0.5, 0.6) is 0 Å². The number of hydrogen-bond donors (Lipinski definition) is 1. The van der Waals surface area contributed by atoms with Crippen LogP contribution in [0.15, 0.2) is 74.4 Å². The molecule has 0 bridgehead atoms. The first-order valence-corrected chi connectivity index (χ1v) is 8.45. The Bertz CT molecular complexity index is 877. The molecule has 1 aliphatic heterocycles. The van der Waals surface area contributed by atoms with Crippen molar-refractivity contribution in [2.45, 2.75) is 19.4 Å². The molecule has 25 heavy (non-hydrogen) atoms. The molecule has 0 spiro atoms. The summed E-state index contributed by atoms with van der Waals surface area (Å²) in [5, 5.41) is 9.90. The number of nitriles is 1. The summed E-state index contributed by atoms with van der Waals surface area (Å²) < 4.78 is 10.6. The van der Waals surface area contributed by atoms with E-state index in [4.69, 9.17) is 14.9 Å². The van der Waals surface area contributed by atoms with Crippen LogP contribution in [0, 0.1) is 11.3 Å². The lowest BCUT2D eigenvalue weighted by atomic mass is 9.86. The maximum Gasteiger partial charge on any atom is 0.338 e. The van der Waals surface area contributed by atoms with Gasteiger partial charge in [-0.2, -0.15) is 5.26 Å². The summed E-state index contributed by atoms with van der Waals surface area (Å²) in [7, 11) is 0. The molecule has 126 valence electrons. The van der Waals surface area contributed by atoms with Crippen molar-refractivity contribution < 1.29 is 13.9 Å². The van der Waals surface area contributed by atoms with Gasteiger partial charge in [0, 0.05) is 10.5 Å². The molecular formula is C19H16N2O3S. The molecule has 0 unspecified atom stereocenters. The number of allylic oxidation sites excluding steroid dienone is 2. The number of esters is 1. The second-order valence-corrected chi connectivity index (χ2v) is 6.77. The summed E-state index contributed by atoms with van der Waals surface area (Å²) in [4.78, 5) is 13.5. The van der Waals surface area contributed by atoms with E-state index < -0.39 is 11.9 Å². The first-order chi connectivity index (χ1) is 12.1. The molecule has 0 fully saturated rings. The Morgan fingerprint density at radius 2 is 2.12 bits per heavy atom. The van der Waals surface area contributed by atoms with E-state index in [1.54, 1.807) is 6.07 Å². The number of rotatable bonds is 4. The van der Waals surface area contributed by atoms with Gasteiger partial charge in [-0.15, -0.1) is 0 Å². The second-order valence-electron chi connectivity index (χ2n) is 5.51. The topological polar surface area (TPSA) is 89.2 Å². The number of nitrogens with zero attached hydrogens (tertiary/aromatic N) is 1. The molecule has 2 heterocycles. The van der Waals surface area contributed by atoms with E-state index >= 15 is 0 Å². The van der Waals surface area contributed by atoms with Crippen molar-refractivity contribution in [1.82, 2.24) is 0 Å². The third kappa shape index (κ3) is 3.47. The van der Waals surface area contributed by atoms with Gasteiger partial charge in [0.25, 0.3) is 0 Å². The molecule has 2 N–H and O–H groups in total. The van der Waals surface area contributed by atoms with E-state index in [0.717, 1.165) is 10.5 Å². The number of thioether (sulfide) groups is 1. The molecule has 6 heteroatoms. The van der Waals surface area contributed by atoms with Crippen LogP contribution in [-0.4, -0.2) is 5.97 Å². The molecule has 0 amide bonds. The molecular weight excluding hydrogens is 336 g/mol. The zero-order valence-corrected chi connectivity index (χ0v) is 14.4. The van der Waals surface area contributed by atoms with Crippen molar-refractivity contribution >= 4 is 17.7 Å². The highest BCUT2D eigenvalue weighted by Gasteiger charge is 2.35. The highest BCUT2D eigenvalue weighted by molar-refractivity contribution is 8.06. The van der Waals surface area contributed by atoms with Gasteiger partial charge < -0.3 is 14.9 Å². The van der Waals surface area contributed by atoms with Gasteiger partial charge in [0.15, 0.2) is 0 Å². The van der Waals surface area contributed by atoms with Crippen LogP contribution in [0.4, 0.5) is 0 Å². The molecule has 3 rings (SSSR count). The number of carbonyl (C=O) groups is 1. The normalized spacial score (nSPS) is 17.4. The predicted octanol–water partition coefficient (Wildman–Crippen LogP) is 3.82. The van der Waals surface area contributed by atoms with Crippen LogP contribution in [0.1, 0.15) is 24.0 Å². The first-order valence-electron chi connectivity index (χ1n) is 7.63. The van der Waals surface area contributed by atoms with Gasteiger partial charge in [-0.05, 0) is 18.6 Å². The van der Waals surface area contributed by atoms with Crippen LogP contribution < -0.4 is 5.73 Å². The molecule has 0 aliphatic carbocycles. The van der Waals surface area contributed by atoms with Crippen molar-refractivity contribution in [3.63, 3.8) is 0 Å². The standard InChI is InChI=1S/C19H16N2O3S/c1-12-15(9-20)16(14-7-8-23-11-14)17(18(21)25-12)19(22)24-10-13-5-3-2-4-6-13/h2-8,11,16H,10,21H2,1H3/t16-/m1/s1. The van der Waals surface area contributed by atoms with E-state index in [0.29, 0.717) is 16.2 Å². The Morgan fingerprint density at radius 1 is 1.36 bits per heavy atom. The van der Waals surface area contributed by atoms with Crippen LogP contribution in [0.25, 0.3) is 0 Å². The second kappa shape index (κ2) is 7.32. The number of furan rings is 1. The minimum Gasteiger partial charge on any atom is -0.472 e. The highest BCUT2D eigenvalue weighted by Crippen LogP contribution is 2.45. The minimum absolute atomic E-state index is 0.143. The third-order valence-corrected chi connectivity index (χ3v) is 4.88. The highest BCUT2D eigenvalue weighted by atomic mass is 32.2. The fraction of sp³-hybridized carbons (Fsp3) is 0.158. The Morgan fingerprint density at radius 3 is 2.76 bits per heavy atom. The van der Waals surface area contributed by atoms with Crippen molar-refractivity contribution in [1.29, 1.82) is 5.26 Å². The zero-order valence-electron chi connectivity index (χ0n) is 13.6. The van der Waals surface area contributed by atoms with Crippen molar-refractivity contribution in [3.05, 3.63) is 81.1 Å². The van der Waals surface area contributed by atoms with Gasteiger partial charge >= 0.3 is 5.97 Å². The fourth-order valence-corrected chi connectivity index (χ4v) is 3.61. The van der Waals surface area contributed by atoms with Gasteiger partial charge in [-0.25, -0.2) is 4.79 Å². The van der Waals surface area contributed by atoms with Crippen molar-refractivity contribution in [2.75, 3.05) is 0 Å². The van der Waals surface area contributed by atoms with Gasteiger partial charge in [0.1, 0.15) is 6.61 Å². The summed E-state index contributed by atoms with van der Waals surface area (Å²) in [5.74, 6) is -1.10. The van der Waals surface area contributed by atoms with Gasteiger partial charge in [-0.3, -0.25) is 0 Å². The average Bonchev–Trinajstić information content (AvgIpc) is 3.14. The summed E-state index contributed by atoms with van der Waals surface area (Å²) in [6.07, 6.45) is 3.02. The summed E-state index contributed by atoms with van der Waals surface area (Å²) in [5.41, 5.74) is 8.46. The molecule has 1 aliphatic rings. The molecule has 2 aromatic rings. The first kappa shape index (κ1) is 16.9. The number of ether oxygens (including phenoxy) is 1. The lowest BCUT2D eigenvalue weighted by molar-refractivity contribution is -0.140. The van der Waals surface area contributed by atoms with E-state index in [1.165, 1.54) is 24.3 Å². The quantitative estimate of drug-likeness (QED) is 0.841. The molecule has 1 aromatic heterocycles. The number of carbonyl (C=O) groups excluding carboxylic acids is 1. The lowest BCUT2D eigenvalue weighted by Gasteiger charge is -2.25. The molecule has 0 radical (unpaired) electrons. The summed E-state index contributed by atoms with van der Waals surface area (Å²) >= 11 is 1.22. The van der Waals surface area contributed by atoms with E-state index in [1.807, 2.05) is 37.3 Å². The maximum absolute atomic E-state index is 12.7. The lowest BCUT2D eigenvalue weighted by Crippen LogP contribution is -2.23. The smallest absolute Gasteiger partial charge is 0.338 e. The van der Waals surface area contributed by atoms with Crippen LogP contribution >= 0.6 is 11.8 Å². The van der Waals surface area contributed by atoms with Crippen molar-refractivity contribution in [2.24, 2.45) is 5.73 Å². The number of hydrogen-bond acceptors (Lipinski definition) is 6. The van der Waals surface area contributed by atoms with E-state index in [9.17, 15) is 10.1 Å². The Hall–Kier alpha value is -2.91. The Kier molecular flexibility index (Phi) is 4.96. The summed E-state index contributed by atoms with van der Waals surface area (Å²) in [6, 6.07) is 13.3. The Labute approximate surface area is 149 Å². The number of nitrogens with two attached hydrogens (primary N) is 1. The molecule has 0 saturated heterocycles. The SMILES string of the molecule is CC1=C(C#N)[C@@H](c2ccoc2)C(C(=O)OCc2ccccc2)=C(N)S1. The molecule has 1 aromatic carbocycles.